The van der Waals surface area contributed by atoms with Gasteiger partial charge in [0.2, 0.25) is 5.76 Å². The summed E-state index contributed by atoms with van der Waals surface area (Å²) in [6.45, 7) is 4.02. The van der Waals surface area contributed by atoms with Crippen molar-refractivity contribution in [1.82, 2.24) is 25.4 Å². The zero-order valence-electron chi connectivity index (χ0n) is 16.1. The van der Waals surface area contributed by atoms with E-state index in [9.17, 15) is 4.79 Å². The van der Waals surface area contributed by atoms with E-state index < -0.39 is 0 Å². The summed E-state index contributed by atoms with van der Waals surface area (Å²) in [5.41, 5.74) is 5.10. The van der Waals surface area contributed by atoms with Gasteiger partial charge in [-0.15, -0.1) is 0 Å². The number of carbonyl (C=O) groups excluding carboxylic acids is 1. The molecule has 0 unspecified atom stereocenters. The zero-order valence-corrected chi connectivity index (χ0v) is 16.1. The maximum absolute atomic E-state index is 12.1. The van der Waals surface area contributed by atoms with Crippen molar-refractivity contribution in [2.75, 3.05) is 0 Å². The second kappa shape index (κ2) is 8.02. The smallest absolute Gasteiger partial charge is 0.290 e. The first kappa shape index (κ1) is 18.5. The van der Waals surface area contributed by atoms with Gasteiger partial charge in [-0.05, 0) is 31.5 Å². The van der Waals surface area contributed by atoms with Crippen LogP contribution in [0.15, 0.2) is 65.4 Å². The van der Waals surface area contributed by atoms with Crippen LogP contribution in [-0.4, -0.2) is 26.0 Å². The third kappa shape index (κ3) is 4.19. The minimum Gasteiger partial charge on any atom is -0.351 e. The maximum Gasteiger partial charge on any atom is 0.290 e. The lowest BCUT2D eigenvalue weighted by Gasteiger charge is -2.10. The van der Waals surface area contributed by atoms with Crippen LogP contribution in [-0.2, 0) is 6.54 Å². The van der Waals surface area contributed by atoms with Gasteiger partial charge in [-0.2, -0.15) is 0 Å². The highest BCUT2D eigenvalue weighted by molar-refractivity contribution is 5.91. The Morgan fingerprint density at radius 1 is 1.07 bits per heavy atom. The van der Waals surface area contributed by atoms with Crippen LogP contribution in [0, 0.1) is 13.8 Å². The van der Waals surface area contributed by atoms with E-state index in [-0.39, 0.29) is 11.7 Å². The number of hydrogen-bond donors (Lipinski definition) is 1. The molecule has 1 amide bonds. The van der Waals surface area contributed by atoms with E-state index in [4.69, 9.17) is 4.52 Å². The molecule has 0 aliphatic rings. The number of carbonyl (C=O) groups is 1. The van der Waals surface area contributed by atoms with E-state index in [2.05, 4.69) is 25.4 Å². The lowest BCUT2D eigenvalue weighted by molar-refractivity contribution is 0.0914. The molecule has 1 N–H and O–H groups in total. The van der Waals surface area contributed by atoms with Crippen LogP contribution in [0.1, 0.15) is 27.6 Å². The minimum atomic E-state index is -0.293. The summed E-state index contributed by atoms with van der Waals surface area (Å²) in [6.07, 6.45) is 3.55. The fourth-order valence-electron chi connectivity index (χ4n) is 2.92. The van der Waals surface area contributed by atoms with Crippen molar-refractivity contribution in [3.05, 3.63) is 83.8 Å². The van der Waals surface area contributed by atoms with Crippen molar-refractivity contribution >= 4 is 5.91 Å². The van der Waals surface area contributed by atoms with Gasteiger partial charge in [0.25, 0.3) is 5.91 Å². The second-order valence-electron chi connectivity index (χ2n) is 6.61. The molecule has 0 aliphatic carbocycles. The molecular formula is C22H19N5O2. The Bertz CT molecular complexity index is 1140. The Morgan fingerprint density at radius 2 is 1.90 bits per heavy atom. The van der Waals surface area contributed by atoms with E-state index in [1.165, 1.54) is 0 Å². The topological polar surface area (TPSA) is 93.8 Å². The van der Waals surface area contributed by atoms with Crippen molar-refractivity contribution in [2.24, 2.45) is 0 Å². The number of pyridine rings is 1. The molecule has 1 aromatic carbocycles. The summed E-state index contributed by atoms with van der Waals surface area (Å²) in [5.74, 6) is 0.604. The first-order valence-electron chi connectivity index (χ1n) is 9.16. The summed E-state index contributed by atoms with van der Waals surface area (Å²) >= 11 is 0. The van der Waals surface area contributed by atoms with Crippen molar-refractivity contribution in [2.45, 2.75) is 20.4 Å². The molecule has 0 spiro atoms. The van der Waals surface area contributed by atoms with Gasteiger partial charge in [-0.3, -0.25) is 9.78 Å². The highest BCUT2D eigenvalue weighted by Gasteiger charge is 2.13. The lowest BCUT2D eigenvalue weighted by atomic mass is 10.0. The Kier molecular flexibility index (Phi) is 5.11. The standard InChI is InChI=1S/C22H19N5O2/c1-14-11-20(29-27-14)22(28)25-12-16-6-8-17(9-7-16)21-18(13-24-15(2)26-21)19-5-3-4-10-23-19/h3-11,13H,12H2,1-2H3,(H,25,28). The molecule has 7 heteroatoms. The van der Waals surface area contributed by atoms with Gasteiger partial charge in [-0.1, -0.05) is 35.5 Å². The average Bonchev–Trinajstić information content (AvgIpc) is 3.19. The van der Waals surface area contributed by atoms with Gasteiger partial charge >= 0.3 is 0 Å². The largest absolute Gasteiger partial charge is 0.351 e. The Balaban J connectivity index is 1.54. The molecule has 0 radical (unpaired) electrons. The highest BCUT2D eigenvalue weighted by Crippen LogP contribution is 2.28. The molecule has 4 aromatic rings. The van der Waals surface area contributed by atoms with E-state index in [1.807, 2.05) is 49.4 Å². The molecule has 0 atom stereocenters. The number of hydrogen-bond acceptors (Lipinski definition) is 6. The quantitative estimate of drug-likeness (QED) is 0.562. The monoisotopic (exact) mass is 385 g/mol. The van der Waals surface area contributed by atoms with Gasteiger partial charge in [0.15, 0.2) is 0 Å². The number of benzene rings is 1. The van der Waals surface area contributed by atoms with E-state index >= 15 is 0 Å². The fraction of sp³-hybridized carbons (Fsp3) is 0.136. The van der Waals surface area contributed by atoms with Crippen LogP contribution in [0.5, 0.6) is 0 Å². The van der Waals surface area contributed by atoms with Crippen molar-refractivity contribution in [3.63, 3.8) is 0 Å². The third-order valence-corrected chi connectivity index (χ3v) is 4.38. The van der Waals surface area contributed by atoms with Gasteiger partial charge in [0.1, 0.15) is 5.82 Å². The van der Waals surface area contributed by atoms with Crippen LogP contribution >= 0.6 is 0 Å². The summed E-state index contributed by atoms with van der Waals surface area (Å²) < 4.78 is 4.98. The maximum atomic E-state index is 12.1. The second-order valence-corrected chi connectivity index (χ2v) is 6.61. The molecular weight excluding hydrogens is 366 g/mol. The van der Waals surface area contributed by atoms with Crippen molar-refractivity contribution in [3.8, 4) is 22.5 Å². The number of nitrogens with zero attached hydrogens (tertiary/aromatic N) is 4. The predicted molar refractivity (Wildman–Crippen MR) is 108 cm³/mol. The Morgan fingerprint density at radius 3 is 2.59 bits per heavy atom. The number of aryl methyl sites for hydroxylation is 2. The van der Waals surface area contributed by atoms with Gasteiger partial charge in [0, 0.05) is 36.1 Å². The van der Waals surface area contributed by atoms with Crippen molar-refractivity contribution in [1.29, 1.82) is 0 Å². The molecule has 3 aromatic heterocycles. The van der Waals surface area contributed by atoms with E-state index in [0.717, 1.165) is 28.1 Å². The van der Waals surface area contributed by atoms with E-state index in [1.54, 1.807) is 25.4 Å². The molecule has 29 heavy (non-hydrogen) atoms. The first-order chi connectivity index (χ1) is 14.1. The zero-order chi connectivity index (χ0) is 20.2. The molecule has 0 bridgehead atoms. The normalized spacial score (nSPS) is 10.7. The minimum absolute atomic E-state index is 0.204. The molecule has 144 valence electrons. The van der Waals surface area contributed by atoms with Crippen LogP contribution in [0.3, 0.4) is 0 Å². The Labute approximate surface area is 167 Å². The van der Waals surface area contributed by atoms with Gasteiger partial charge in [-0.25, -0.2) is 9.97 Å². The number of nitrogens with one attached hydrogen (secondary N) is 1. The van der Waals surface area contributed by atoms with Crippen LogP contribution in [0.2, 0.25) is 0 Å². The van der Waals surface area contributed by atoms with Crippen LogP contribution < -0.4 is 5.32 Å². The summed E-state index contributed by atoms with van der Waals surface area (Å²) in [5, 5.41) is 6.55. The fourth-order valence-corrected chi connectivity index (χ4v) is 2.92. The number of rotatable bonds is 5. The summed E-state index contributed by atoms with van der Waals surface area (Å²) in [7, 11) is 0. The van der Waals surface area contributed by atoms with Crippen LogP contribution in [0.25, 0.3) is 22.5 Å². The Hall–Kier alpha value is -3.87. The highest BCUT2D eigenvalue weighted by atomic mass is 16.5. The van der Waals surface area contributed by atoms with Gasteiger partial charge < -0.3 is 9.84 Å². The van der Waals surface area contributed by atoms with Crippen molar-refractivity contribution < 1.29 is 9.32 Å². The van der Waals surface area contributed by atoms with Crippen LogP contribution in [0.4, 0.5) is 0 Å². The molecule has 0 aliphatic heterocycles. The first-order valence-corrected chi connectivity index (χ1v) is 9.16. The molecule has 4 rings (SSSR count). The van der Waals surface area contributed by atoms with Gasteiger partial charge in [0.05, 0.1) is 17.1 Å². The van der Waals surface area contributed by atoms with E-state index in [0.29, 0.717) is 18.1 Å². The third-order valence-electron chi connectivity index (χ3n) is 4.38. The lowest BCUT2D eigenvalue weighted by Crippen LogP contribution is -2.22. The predicted octanol–water partition coefficient (Wildman–Crippen LogP) is 3.74. The number of aromatic nitrogens is 4. The summed E-state index contributed by atoms with van der Waals surface area (Å²) in [4.78, 5) is 25.5. The summed E-state index contributed by atoms with van der Waals surface area (Å²) in [6, 6.07) is 15.2. The molecule has 0 saturated carbocycles. The molecule has 7 nitrogen and oxygen atoms in total. The average molecular weight is 385 g/mol. The SMILES string of the molecule is Cc1cc(C(=O)NCc2ccc(-c3nc(C)ncc3-c3ccccn3)cc2)on1. The molecule has 0 fully saturated rings. The molecule has 3 heterocycles. The molecule has 0 saturated heterocycles. The number of amides is 1.